The molecule has 11 nitrogen and oxygen atoms in total. The molecular formula is C36H54N4O7Si. The standard InChI is InChI=1S/C36H54N4O7Si/c1-22-17-25(45-12)18-23(2)27(22)21-38-30(41)29-26(31(42)40(29)48(13,14)36(9,10)11)19-24-15-16-37-28(20-24)39(32(43)46-34(3,4)5)33(44)47-35(6,7)8/h15-18,20,26,29H,19,21H2,1-14H3,(H,38,41)/t26-,29+/m1/s1. The van der Waals surface area contributed by atoms with Gasteiger partial charge in [0.1, 0.15) is 28.8 Å². The average Bonchev–Trinajstić information content (AvgIpc) is 2.91. The fourth-order valence-corrected chi connectivity index (χ4v) is 7.94. The predicted octanol–water partition coefficient (Wildman–Crippen LogP) is 7.07. The molecule has 2 aromatic rings. The highest BCUT2D eigenvalue weighted by Gasteiger charge is 2.59. The van der Waals surface area contributed by atoms with Gasteiger partial charge < -0.3 is 24.1 Å². The minimum absolute atomic E-state index is 0.00418. The van der Waals surface area contributed by atoms with Crippen LogP contribution in [0.2, 0.25) is 18.1 Å². The lowest BCUT2D eigenvalue weighted by Crippen LogP contribution is -2.76. The van der Waals surface area contributed by atoms with Crippen LogP contribution < -0.4 is 15.0 Å². The van der Waals surface area contributed by atoms with Crippen LogP contribution >= 0.6 is 0 Å². The molecule has 264 valence electrons. The van der Waals surface area contributed by atoms with Gasteiger partial charge in [0.25, 0.3) is 0 Å². The first kappa shape index (κ1) is 38.5. The maximum Gasteiger partial charge on any atom is 0.425 e. The number of aryl methyl sites for hydroxylation is 2. The molecule has 2 atom stereocenters. The minimum Gasteiger partial charge on any atom is -0.497 e. The summed E-state index contributed by atoms with van der Waals surface area (Å²) in [7, 11) is -0.831. The number of nitrogens with one attached hydrogen (secondary N) is 1. The molecule has 1 aliphatic heterocycles. The number of aromatic nitrogens is 1. The number of benzene rings is 1. The monoisotopic (exact) mass is 682 g/mol. The number of pyridine rings is 1. The first-order valence-corrected chi connectivity index (χ1v) is 19.3. The molecule has 0 unspecified atom stereocenters. The van der Waals surface area contributed by atoms with Crippen molar-refractivity contribution in [2.75, 3.05) is 12.0 Å². The molecular weight excluding hydrogens is 629 g/mol. The second-order valence-corrected chi connectivity index (χ2v) is 21.1. The van der Waals surface area contributed by atoms with E-state index in [2.05, 4.69) is 44.2 Å². The van der Waals surface area contributed by atoms with E-state index in [1.54, 1.807) is 60.8 Å². The summed E-state index contributed by atoms with van der Waals surface area (Å²) in [6, 6.07) is 6.46. The van der Waals surface area contributed by atoms with Crippen LogP contribution in [0.5, 0.6) is 5.75 Å². The molecule has 0 radical (unpaired) electrons. The fourth-order valence-electron chi connectivity index (χ4n) is 5.50. The van der Waals surface area contributed by atoms with Crippen LogP contribution in [0.4, 0.5) is 15.4 Å². The number of carbonyl (C=O) groups is 4. The van der Waals surface area contributed by atoms with Gasteiger partial charge in [-0.1, -0.05) is 33.9 Å². The molecule has 1 aliphatic rings. The third-order valence-corrected chi connectivity index (χ3v) is 14.3. The molecule has 4 amide bonds. The number of β-lactam (4-membered cyclic amide) rings is 1. The normalized spacial score (nSPS) is 17.0. The Bertz CT molecular complexity index is 1500. The highest BCUT2D eigenvalue weighted by Crippen LogP contribution is 2.45. The lowest BCUT2D eigenvalue weighted by molar-refractivity contribution is -0.155. The lowest BCUT2D eigenvalue weighted by Gasteiger charge is -2.57. The van der Waals surface area contributed by atoms with Gasteiger partial charge in [0, 0.05) is 12.7 Å². The molecule has 12 heteroatoms. The fraction of sp³-hybridized carbons (Fsp3) is 0.583. The first-order chi connectivity index (χ1) is 21.9. The zero-order valence-corrected chi connectivity index (χ0v) is 32.2. The van der Waals surface area contributed by atoms with Crippen LogP contribution in [0.3, 0.4) is 0 Å². The van der Waals surface area contributed by atoms with E-state index in [9.17, 15) is 19.2 Å². The largest absolute Gasteiger partial charge is 0.497 e. The summed E-state index contributed by atoms with van der Waals surface area (Å²) < 4.78 is 18.3. The molecule has 1 saturated heterocycles. The first-order valence-electron chi connectivity index (χ1n) is 16.3. The highest BCUT2D eigenvalue weighted by atomic mass is 28.3. The predicted molar refractivity (Wildman–Crippen MR) is 189 cm³/mol. The van der Waals surface area contributed by atoms with Gasteiger partial charge in [0.2, 0.25) is 11.8 Å². The average molecular weight is 683 g/mol. The van der Waals surface area contributed by atoms with Crippen molar-refractivity contribution >= 4 is 38.1 Å². The van der Waals surface area contributed by atoms with Gasteiger partial charge in [-0.15, -0.1) is 0 Å². The molecule has 1 aromatic heterocycles. The molecule has 0 saturated carbocycles. The topological polar surface area (TPSA) is 127 Å². The Balaban J connectivity index is 1.97. The van der Waals surface area contributed by atoms with E-state index in [4.69, 9.17) is 14.2 Å². The smallest absolute Gasteiger partial charge is 0.425 e. The SMILES string of the molecule is COc1cc(C)c(CNC(=O)[C@@H]2[C@@H](Cc3ccnc(N(C(=O)OC(C)(C)C)C(=O)OC(C)(C)C)c3)C(=O)N2[Si](C)(C)C(C)(C)C)c(C)c1. The number of hydrogen-bond donors (Lipinski definition) is 1. The van der Waals surface area contributed by atoms with Gasteiger partial charge >= 0.3 is 12.2 Å². The molecule has 0 aliphatic carbocycles. The number of hydrogen-bond acceptors (Lipinski definition) is 8. The number of rotatable bonds is 8. The van der Waals surface area contributed by atoms with E-state index in [-0.39, 0.29) is 29.1 Å². The number of methoxy groups -OCH3 is 1. The molecule has 0 spiro atoms. The van der Waals surface area contributed by atoms with E-state index >= 15 is 0 Å². The van der Waals surface area contributed by atoms with Crippen molar-refractivity contribution in [2.24, 2.45) is 5.92 Å². The van der Waals surface area contributed by atoms with Crippen LogP contribution in [0.25, 0.3) is 0 Å². The van der Waals surface area contributed by atoms with Crippen molar-refractivity contribution in [3.8, 4) is 5.75 Å². The Morgan fingerprint density at radius 2 is 1.44 bits per heavy atom. The number of imide groups is 1. The maximum absolute atomic E-state index is 14.0. The van der Waals surface area contributed by atoms with Crippen LogP contribution in [0.1, 0.15) is 84.6 Å². The summed E-state index contributed by atoms with van der Waals surface area (Å²) in [6.45, 7) is 25.0. The van der Waals surface area contributed by atoms with E-state index in [0.29, 0.717) is 12.1 Å². The van der Waals surface area contributed by atoms with Crippen molar-refractivity contribution in [2.45, 2.75) is 125 Å². The summed E-state index contributed by atoms with van der Waals surface area (Å²) in [5.41, 5.74) is 1.85. The van der Waals surface area contributed by atoms with Crippen molar-refractivity contribution in [3.05, 3.63) is 52.7 Å². The second kappa shape index (κ2) is 13.9. The third-order valence-electron chi connectivity index (χ3n) is 8.91. The molecule has 2 heterocycles. The lowest BCUT2D eigenvalue weighted by atomic mass is 9.84. The van der Waals surface area contributed by atoms with Gasteiger partial charge in [-0.2, -0.15) is 4.90 Å². The van der Waals surface area contributed by atoms with E-state index in [0.717, 1.165) is 27.3 Å². The van der Waals surface area contributed by atoms with Gasteiger partial charge in [-0.3, -0.25) is 9.59 Å². The Labute approximate surface area is 286 Å². The molecule has 3 rings (SSSR count). The van der Waals surface area contributed by atoms with Crippen molar-refractivity contribution in [1.82, 2.24) is 14.9 Å². The minimum atomic E-state index is -2.45. The number of anilines is 1. The van der Waals surface area contributed by atoms with Gasteiger partial charge in [0.15, 0.2) is 8.24 Å². The van der Waals surface area contributed by atoms with Crippen molar-refractivity contribution in [3.63, 3.8) is 0 Å². The maximum atomic E-state index is 14.0. The number of amides is 4. The second-order valence-electron chi connectivity index (χ2n) is 16.0. The van der Waals surface area contributed by atoms with Gasteiger partial charge in [-0.25, -0.2) is 14.6 Å². The number of nitrogens with zero attached hydrogens (tertiary/aromatic N) is 3. The Hall–Kier alpha value is -3.93. The third kappa shape index (κ3) is 8.75. The van der Waals surface area contributed by atoms with Crippen LogP contribution in [0.15, 0.2) is 30.5 Å². The summed E-state index contributed by atoms with van der Waals surface area (Å²) in [6.07, 6.45) is -0.210. The Morgan fingerprint density at radius 1 is 0.917 bits per heavy atom. The van der Waals surface area contributed by atoms with Gasteiger partial charge in [0.05, 0.1) is 13.0 Å². The Kier molecular flexibility index (Phi) is 11.1. The van der Waals surface area contributed by atoms with E-state index in [1.165, 1.54) is 6.20 Å². The Morgan fingerprint density at radius 3 is 1.90 bits per heavy atom. The zero-order chi connectivity index (χ0) is 36.6. The van der Waals surface area contributed by atoms with Crippen LogP contribution in [0, 0.1) is 19.8 Å². The van der Waals surface area contributed by atoms with E-state index in [1.807, 2.05) is 30.5 Å². The van der Waals surface area contributed by atoms with Crippen LogP contribution in [-0.4, -0.2) is 66.1 Å². The summed E-state index contributed by atoms with van der Waals surface area (Å²) in [5.74, 6) is -0.215. The van der Waals surface area contributed by atoms with Crippen LogP contribution in [-0.2, 0) is 32.0 Å². The molecule has 1 N–H and O–H groups in total. The quantitative estimate of drug-likeness (QED) is 0.231. The van der Waals surface area contributed by atoms with Crippen molar-refractivity contribution in [1.29, 1.82) is 0 Å². The van der Waals surface area contributed by atoms with Gasteiger partial charge in [-0.05, 0) is 113 Å². The highest BCUT2D eigenvalue weighted by molar-refractivity contribution is 6.80. The van der Waals surface area contributed by atoms with E-state index < -0.39 is 43.6 Å². The molecule has 1 aromatic carbocycles. The zero-order valence-electron chi connectivity index (χ0n) is 31.2. The number of ether oxygens (including phenoxy) is 3. The number of carbonyl (C=O) groups excluding carboxylic acids is 4. The summed E-state index contributed by atoms with van der Waals surface area (Å²) in [5, 5.41) is 2.92. The summed E-state index contributed by atoms with van der Waals surface area (Å²) >= 11 is 0. The summed E-state index contributed by atoms with van der Waals surface area (Å²) in [4.78, 5) is 59.6. The molecule has 1 fully saturated rings. The molecule has 0 bridgehead atoms. The molecule has 48 heavy (non-hydrogen) atoms. The van der Waals surface area contributed by atoms with Crippen molar-refractivity contribution < 1.29 is 33.4 Å².